The van der Waals surface area contributed by atoms with Crippen molar-refractivity contribution in [1.82, 2.24) is 15.4 Å². The lowest BCUT2D eigenvalue weighted by molar-refractivity contribution is 0.373. The van der Waals surface area contributed by atoms with Gasteiger partial charge >= 0.3 is 0 Å². The Kier molecular flexibility index (Phi) is 3.58. The van der Waals surface area contributed by atoms with Gasteiger partial charge < -0.3 is 9.15 Å². The smallest absolute Gasteiger partial charge is 0.237 e. The number of hydrogen-bond donors (Lipinski definition) is 2. The summed E-state index contributed by atoms with van der Waals surface area (Å²) in [4.78, 5) is 8.22. The largest absolute Gasteiger partial charge is 0.480 e. The summed E-state index contributed by atoms with van der Waals surface area (Å²) in [6, 6.07) is 2.87. The molecule has 0 spiro atoms. The van der Waals surface area contributed by atoms with E-state index in [-0.39, 0.29) is 5.22 Å². The Morgan fingerprint density at radius 2 is 2.18 bits per heavy atom. The van der Waals surface area contributed by atoms with E-state index in [1.807, 2.05) is 0 Å². The van der Waals surface area contributed by atoms with E-state index in [9.17, 15) is 0 Å². The van der Waals surface area contributed by atoms with Crippen molar-refractivity contribution in [1.29, 1.82) is 0 Å². The van der Waals surface area contributed by atoms with Crippen molar-refractivity contribution in [2.75, 3.05) is 7.11 Å². The zero-order valence-corrected chi connectivity index (χ0v) is 9.81. The molecule has 1 atom stereocenters. The molecule has 2 aromatic rings. The Bertz CT molecular complexity index is 503. The highest BCUT2D eigenvalue weighted by Crippen LogP contribution is 2.28. The monoisotopic (exact) mass is 254 g/mol. The fourth-order valence-electron chi connectivity index (χ4n) is 1.47. The van der Waals surface area contributed by atoms with Crippen LogP contribution in [0.5, 0.6) is 5.88 Å². The van der Waals surface area contributed by atoms with E-state index in [4.69, 9.17) is 26.6 Å². The van der Waals surface area contributed by atoms with Gasteiger partial charge in [-0.2, -0.15) is 0 Å². The topological polar surface area (TPSA) is 86.2 Å². The summed E-state index contributed by atoms with van der Waals surface area (Å²) in [5, 5.41) is 0.281. The fourth-order valence-corrected chi connectivity index (χ4v) is 1.62. The zero-order valence-electron chi connectivity index (χ0n) is 9.05. The van der Waals surface area contributed by atoms with Crippen LogP contribution in [0.2, 0.25) is 5.22 Å². The fraction of sp³-hybridized carbons (Fsp3) is 0.200. The summed E-state index contributed by atoms with van der Waals surface area (Å²) < 4.78 is 10.4. The van der Waals surface area contributed by atoms with Gasteiger partial charge in [-0.05, 0) is 23.7 Å². The van der Waals surface area contributed by atoms with E-state index in [0.717, 1.165) is 0 Å². The first-order chi connectivity index (χ1) is 8.26. The summed E-state index contributed by atoms with van der Waals surface area (Å²) in [6.45, 7) is 0. The molecule has 0 aliphatic carbocycles. The van der Waals surface area contributed by atoms with E-state index in [0.29, 0.717) is 17.3 Å². The Morgan fingerprint density at radius 3 is 2.76 bits per heavy atom. The van der Waals surface area contributed by atoms with Gasteiger partial charge in [0, 0.05) is 12.4 Å². The molecular weight excluding hydrogens is 244 g/mol. The molecule has 2 aromatic heterocycles. The molecule has 90 valence electrons. The maximum absolute atomic E-state index is 5.72. The Hall–Kier alpha value is -1.63. The number of halogens is 1. The first-order valence-corrected chi connectivity index (χ1v) is 5.20. The number of nitrogens with one attached hydrogen (secondary N) is 1. The second-order valence-electron chi connectivity index (χ2n) is 3.19. The maximum Gasteiger partial charge on any atom is 0.237 e. The van der Waals surface area contributed by atoms with Crippen LogP contribution in [0.1, 0.15) is 17.5 Å². The van der Waals surface area contributed by atoms with Crippen LogP contribution in [0, 0.1) is 0 Å². The average Bonchev–Trinajstić information content (AvgIpc) is 2.77. The van der Waals surface area contributed by atoms with Crippen LogP contribution < -0.4 is 16.0 Å². The first-order valence-electron chi connectivity index (χ1n) is 4.82. The minimum atomic E-state index is -0.467. The summed E-state index contributed by atoms with van der Waals surface area (Å²) in [5.41, 5.74) is 3.12. The van der Waals surface area contributed by atoms with Gasteiger partial charge in [-0.15, -0.1) is 0 Å². The van der Waals surface area contributed by atoms with Crippen LogP contribution in [-0.2, 0) is 0 Å². The number of ether oxygens (including phenoxy) is 1. The van der Waals surface area contributed by atoms with Gasteiger partial charge in [-0.3, -0.25) is 10.8 Å². The van der Waals surface area contributed by atoms with Gasteiger partial charge in [0.2, 0.25) is 5.88 Å². The molecule has 0 saturated heterocycles. The molecule has 1 unspecified atom stereocenters. The number of hydrogen-bond acceptors (Lipinski definition) is 6. The molecule has 0 aromatic carbocycles. The lowest BCUT2D eigenvalue weighted by atomic mass is 10.1. The number of furan rings is 1. The predicted octanol–water partition coefficient (Wildman–Crippen LogP) is 1.28. The van der Waals surface area contributed by atoms with Crippen molar-refractivity contribution in [2.24, 2.45) is 5.84 Å². The second kappa shape index (κ2) is 5.13. The highest BCUT2D eigenvalue weighted by Gasteiger charge is 2.22. The molecule has 6 nitrogen and oxygen atoms in total. The molecule has 0 aliphatic heterocycles. The molecule has 7 heteroatoms. The van der Waals surface area contributed by atoms with Crippen molar-refractivity contribution in [3.63, 3.8) is 0 Å². The Labute approximate surface area is 103 Å². The van der Waals surface area contributed by atoms with Crippen LogP contribution in [0.15, 0.2) is 28.9 Å². The van der Waals surface area contributed by atoms with E-state index in [1.54, 1.807) is 18.3 Å². The van der Waals surface area contributed by atoms with Gasteiger partial charge in [0.1, 0.15) is 17.5 Å². The first kappa shape index (κ1) is 11.8. The second-order valence-corrected chi connectivity index (χ2v) is 3.56. The molecular formula is C10H11ClN4O2. The quantitative estimate of drug-likeness (QED) is 0.632. The molecule has 0 saturated carbocycles. The van der Waals surface area contributed by atoms with E-state index in [1.165, 1.54) is 13.3 Å². The number of methoxy groups -OCH3 is 1. The molecule has 0 aliphatic rings. The van der Waals surface area contributed by atoms with Gasteiger partial charge in [0.15, 0.2) is 5.22 Å². The standard InChI is InChI=1S/C10H11ClN4O2/c1-16-10-9(13-4-5-14-10)8(15-12)6-2-3-7(11)17-6/h2-5,8,15H,12H2,1H3. The Morgan fingerprint density at radius 1 is 1.41 bits per heavy atom. The van der Waals surface area contributed by atoms with Crippen molar-refractivity contribution in [3.05, 3.63) is 41.2 Å². The summed E-state index contributed by atoms with van der Waals surface area (Å²) in [6.07, 6.45) is 3.08. The molecule has 0 amide bonds. The highest BCUT2D eigenvalue weighted by atomic mass is 35.5. The lowest BCUT2D eigenvalue weighted by Gasteiger charge is -2.14. The molecule has 2 heterocycles. The molecule has 2 rings (SSSR count). The summed E-state index contributed by atoms with van der Waals surface area (Å²) in [7, 11) is 1.51. The third kappa shape index (κ3) is 2.38. The van der Waals surface area contributed by atoms with Crippen LogP contribution in [0.25, 0.3) is 0 Å². The van der Waals surface area contributed by atoms with Crippen molar-refractivity contribution in [3.8, 4) is 5.88 Å². The van der Waals surface area contributed by atoms with Crippen molar-refractivity contribution < 1.29 is 9.15 Å². The number of nitrogens with two attached hydrogens (primary N) is 1. The number of rotatable bonds is 4. The summed E-state index contributed by atoms with van der Waals surface area (Å²) in [5.74, 6) is 6.41. The van der Waals surface area contributed by atoms with E-state index in [2.05, 4.69) is 15.4 Å². The zero-order chi connectivity index (χ0) is 12.3. The van der Waals surface area contributed by atoms with Gasteiger partial charge in [-0.25, -0.2) is 10.4 Å². The highest BCUT2D eigenvalue weighted by molar-refractivity contribution is 6.28. The average molecular weight is 255 g/mol. The van der Waals surface area contributed by atoms with Crippen LogP contribution in [0.3, 0.4) is 0 Å². The molecule has 3 N–H and O–H groups in total. The lowest BCUT2D eigenvalue weighted by Crippen LogP contribution is -2.29. The minimum Gasteiger partial charge on any atom is -0.480 e. The van der Waals surface area contributed by atoms with Gasteiger partial charge in [0.25, 0.3) is 0 Å². The van der Waals surface area contributed by atoms with E-state index >= 15 is 0 Å². The van der Waals surface area contributed by atoms with Crippen LogP contribution >= 0.6 is 11.6 Å². The molecule has 17 heavy (non-hydrogen) atoms. The van der Waals surface area contributed by atoms with Gasteiger partial charge in [-0.1, -0.05) is 0 Å². The third-order valence-electron chi connectivity index (χ3n) is 2.20. The van der Waals surface area contributed by atoms with E-state index < -0.39 is 6.04 Å². The van der Waals surface area contributed by atoms with Gasteiger partial charge in [0.05, 0.1) is 7.11 Å². The Balaban J connectivity index is 2.41. The predicted molar refractivity (Wildman–Crippen MR) is 61.5 cm³/mol. The number of aromatic nitrogens is 2. The van der Waals surface area contributed by atoms with Crippen LogP contribution in [0.4, 0.5) is 0 Å². The van der Waals surface area contributed by atoms with Crippen molar-refractivity contribution in [2.45, 2.75) is 6.04 Å². The minimum absolute atomic E-state index is 0.281. The van der Waals surface area contributed by atoms with Crippen molar-refractivity contribution >= 4 is 11.6 Å². The summed E-state index contributed by atoms with van der Waals surface area (Å²) >= 11 is 5.72. The normalized spacial score (nSPS) is 12.4. The third-order valence-corrected chi connectivity index (χ3v) is 2.41. The SMILES string of the molecule is COc1nccnc1C(NN)c1ccc(Cl)o1. The molecule has 0 radical (unpaired) electrons. The van der Waals surface area contributed by atoms with Crippen LogP contribution in [-0.4, -0.2) is 17.1 Å². The molecule has 0 bridgehead atoms. The number of hydrazine groups is 1. The maximum atomic E-state index is 5.72. The molecule has 0 fully saturated rings. The number of nitrogens with zero attached hydrogens (tertiary/aromatic N) is 2.